The van der Waals surface area contributed by atoms with E-state index in [1.54, 1.807) is 21.3 Å². The van der Waals surface area contributed by atoms with Crippen molar-refractivity contribution in [3.05, 3.63) is 53.9 Å². The van der Waals surface area contributed by atoms with Crippen LogP contribution in [0.2, 0.25) is 0 Å². The maximum absolute atomic E-state index is 5.39. The van der Waals surface area contributed by atoms with Gasteiger partial charge in [-0.2, -0.15) is 0 Å². The molecule has 0 aliphatic carbocycles. The van der Waals surface area contributed by atoms with Gasteiger partial charge in [-0.05, 0) is 31.0 Å². The molecule has 2 aromatic carbocycles. The second-order valence-electron chi connectivity index (χ2n) is 6.27. The van der Waals surface area contributed by atoms with Gasteiger partial charge in [-0.1, -0.05) is 12.1 Å². The molecule has 7 heteroatoms. The lowest BCUT2D eigenvalue weighted by Crippen LogP contribution is -2.01. The minimum atomic E-state index is 0.538. The third-order valence-corrected chi connectivity index (χ3v) is 4.26. The van der Waals surface area contributed by atoms with Crippen LogP contribution < -0.4 is 24.8 Å². The molecule has 0 fully saturated rings. The van der Waals surface area contributed by atoms with Crippen LogP contribution in [0, 0.1) is 13.8 Å². The highest BCUT2D eigenvalue weighted by Gasteiger charge is 2.13. The molecule has 0 saturated carbocycles. The minimum Gasteiger partial charge on any atom is -0.493 e. The van der Waals surface area contributed by atoms with Crippen molar-refractivity contribution in [3.63, 3.8) is 0 Å². The van der Waals surface area contributed by atoms with Crippen LogP contribution in [-0.2, 0) is 0 Å². The minimum absolute atomic E-state index is 0.538. The van der Waals surface area contributed by atoms with E-state index >= 15 is 0 Å². The number of hydrogen-bond donors (Lipinski definition) is 2. The number of aromatic nitrogens is 2. The summed E-state index contributed by atoms with van der Waals surface area (Å²) in [5.74, 6) is 2.99. The van der Waals surface area contributed by atoms with Gasteiger partial charge in [0.15, 0.2) is 11.5 Å². The SMILES string of the molecule is COc1cc(Nc2cc(Nc3cc(C)ccc3C)ncn2)cc(OC)c1OC. The summed E-state index contributed by atoms with van der Waals surface area (Å²) in [5, 5.41) is 6.59. The molecule has 0 aliphatic heterocycles. The second-order valence-corrected chi connectivity index (χ2v) is 6.27. The Kier molecular flexibility index (Phi) is 5.84. The van der Waals surface area contributed by atoms with E-state index in [9.17, 15) is 0 Å². The Labute approximate surface area is 164 Å². The van der Waals surface area contributed by atoms with Crippen LogP contribution >= 0.6 is 0 Å². The zero-order valence-electron chi connectivity index (χ0n) is 16.7. The van der Waals surface area contributed by atoms with Crippen LogP contribution in [0.25, 0.3) is 0 Å². The molecule has 3 rings (SSSR count). The fourth-order valence-electron chi connectivity index (χ4n) is 2.80. The predicted molar refractivity (Wildman–Crippen MR) is 111 cm³/mol. The van der Waals surface area contributed by atoms with Crippen LogP contribution in [0.5, 0.6) is 17.2 Å². The standard InChI is InChI=1S/C21H24N4O3/c1-13-6-7-14(2)16(8-13)25-20-11-19(22-12-23-20)24-15-9-17(26-3)21(28-5)18(10-15)27-4/h6-12H,1-5H3,(H2,22,23,24,25). The first-order chi connectivity index (χ1) is 13.5. The van der Waals surface area contributed by atoms with Crippen molar-refractivity contribution in [3.8, 4) is 17.2 Å². The van der Waals surface area contributed by atoms with E-state index in [2.05, 4.69) is 52.6 Å². The fraction of sp³-hybridized carbons (Fsp3) is 0.238. The summed E-state index contributed by atoms with van der Waals surface area (Å²) in [5.41, 5.74) is 4.09. The summed E-state index contributed by atoms with van der Waals surface area (Å²) >= 11 is 0. The first-order valence-electron chi connectivity index (χ1n) is 8.77. The Balaban J connectivity index is 1.86. The van der Waals surface area contributed by atoms with E-state index in [-0.39, 0.29) is 0 Å². The summed E-state index contributed by atoms with van der Waals surface area (Å²) in [6, 6.07) is 11.7. The molecule has 7 nitrogen and oxygen atoms in total. The van der Waals surface area contributed by atoms with Gasteiger partial charge >= 0.3 is 0 Å². The van der Waals surface area contributed by atoms with Crippen molar-refractivity contribution in [2.75, 3.05) is 32.0 Å². The van der Waals surface area contributed by atoms with Gasteiger partial charge in [0.05, 0.1) is 21.3 Å². The van der Waals surface area contributed by atoms with Crippen molar-refractivity contribution >= 4 is 23.0 Å². The van der Waals surface area contributed by atoms with Crippen molar-refractivity contribution < 1.29 is 14.2 Å². The molecule has 0 amide bonds. The summed E-state index contributed by atoms with van der Waals surface area (Å²) in [6.45, 7) is 4.11. The largest absolute Gasteiger partial charge is 0.493 e. The van der Waals surface area contributed by atoms with Crippen molar-refractivity contribution in [1.29, 1.82) is 0 Å². The van der Waals surface area contributed by atoms with Crippen molar-refractivity contribution in [2.45, 2.75) is 13.8 Å². The lowest BCUT2D eigenvalue weighted by molar-refractivity contribution is 0.324. The number of nitrogens with one attached hydrogen (secondary N) is 2. The maximum atomic E-state index is 5.39. The molecule has 0 unspecified atom stereocenters. The summed E-state index contributed by atoms with van der Waals surface area (Å²) in [4.78, 5) is 8.61. The fourth-order valence-corrected chi connectivity index (χ4v) is 2.80. The first-order valence-corrected chi connectivity index (χ1v) is 8.77. The highest BCUT2D eigenvalue weighted by atomic mass is 16.5. The van der Waals surface area contributed by atoms with E-state index < -0.39 is 0 Å². The van der Waals surface area contributed by atoms with Gasteiger partial charge in [-0.3, -0.25) is 0 Å². The number of aryl methyl sites for hydroxylation is 2. The molecule has 0 radical (unpaired) electrons. The zero-order valence-corrected chi connectivity index (χ0v) is 16.7. The van der Waals surface area contributed by atoms with E-state index in [4.69, 9.17) is 14.2 Å². The van der Waals surface area contributed by atoms with Crippen molar-refractivity contribution in [2.24, 2.45) is 0 Å². The van der Waals surface area contributed by atoms with Crippen LogP contribution in [-0.4, -0.2) is 31.3 Å². The Hall–Kier alpha value is -3.48. The quantitative estimate of drug-likeness (QED) is 0.620. The molecular weight excluding hydrogens is 356 g/mol. The molecule has 0 saturated heterocycles. The monoisotopic (exact) mass is 380 g/mol. The van der Waals surface area contributed by atoms with Gasteiger partial charge in [-0.15, -0.1) is 0 Å². The molecule has 2 N–H and O–H groups in total. The number of anilines is 4. The molecule has 3 aromatic rings. The average Bonchev–Trinajstić information content (AvgIpc) is 2.70. The van der Waals surface area contributed by atoms with E-state index in [1.165, 1.54) is 11.9 Å². The molecular formula is C21H24N4O3. The predicted octanol–water partition coefficient (Wildman–Crippen LogP) is 4.61. The van der Waals surface area contributed by atoms with E-state index in [0.717, 1.165) is 16.9 Å². The molecule has 1 aromatic heterocycles. The first kappa shape index (κ1) is 19.3. The van der Waals surface area contributed by atoms with Crippen molar-refractivity contribution in [1.82, 2.24) is 9.97 Å². The van der Waals surface area contributed by atoms with Gasteiger partial charge in [0.25, 0.3) is 0 Å². The Morgan fingerprint density at radius 2 is 1.39 bits per heavy atom. The maximum Gasteiger partial charge on any atom is 0.203 e. The Morgan fingerprint density at radius 1 is 0.750 bits per heavy atom. The summed E-state index contributed by atoms with van der Waals surface area (Å²) in [7, 11) is 4.74. The number of rotatable bonds is 7. The van der Waals surface area contributed by atoms with Crippen LogP contribution in [0.4, 0.5) is 23.0 Å². The molecule has 146 valence electrons. The van der Waals surface area contributed by atoms with Crippen LogP contribution in [0.3, 0.4) is 0 Å². The van der Waals surface area contributed by atoms with Gasteiger partial charge < -0.3 is 24.8 Å². The average molecular weight is 380 g/mol. The van der Waals surface area contributed by atoms with Gasteiger partial charge in [0.1, 0.15) is 18.0 Å². The molecule has 1 heterocycles. The van der Waals surface area contributed by atoms with Gasteiger partial charge in [0, 0.05) is 29.6 Å². The lowest BCUT2D eigenvalue weighted by atomic mass is 10.1. The number of nitrogens with zero attached hydrogens (tertiary/aromatic N) is 2. The highest BCUT2D eigenvalue weighted by Crippen LogP contribution is 2.40. The Morgan fingerprint density at radius 3 is 2.00 bits per heavy atom. The number of hydrogen-bond acceptors (Lipinski definition) is 7. The van der Waals surface area contributed by atoms with Gasteiger partial charge in [-0.25, -0.2) is 9.97 Å². The molecule has 0 spiro atoms. The van der Waals surface area contributed by atoms with E-state index in [1.807, 2.05) is 18.2 Å². The second kappa shape index (κ2) is 8.47. The summed E-state index contributed by atoms with van der Waals surface area (Å²) < 4.78 is 16.1. The third-order valence-electron chi connectivity index (χ3n) is 4.26. The topological polar surface area (TPSA) is 77.5 Å². The molecule has 0 aliphatic rings. The smallest absolute Gasteiger partial charge is 0.203 e. The van der Waals surface area contributed by atoms with Gasteiger partial charge in [0.2, 0.25) is 5.75 Å². The zero-order chi connectivity index (χ0) is 20.1. The summed E-state index contributed by atoms with van der Waals surface area (Å²) in [6.07, 6.45) is 1.51. The molecule has 0 bridgehead atoms. The highest BCUT2D eigenvalue weighted by molar-refractivity contribution is 5.69. The number of methoxy groups -OCH3 is 3. The van der Waals surface area contributed by atoms with Crippen LogP contribution in [0.1, 0.15) is 11.1 Å². The lowest BCUT2D eigenvalue weighted by Gasteiger charge is -2.15. The van der Waals surface area contributed by atoms with Crippen LogP contribution in [0.15, 0.2) is 42.7 Å². The van der Waals surface area contributed by atoms with E-state index in [0.29, 0.717) is 28.9 Å². The number of ether oxygens (including phenoxy) is 3. The molecule has 0 atom stereocenters. The Bertz CT molecular complexity index is 951. The third kappa shape index (κ3) is 4.25. The number of benzene rings is 2. The molecule has 28 heavy (non-hydrogen) atoms. The normalized spacial score (nSPS) is 10.3.